The summed E-state index contributed by atoms with van der Waals surface area (Å²) in [6, 6.07) is 15.0. The van der Waals surface area contributed by atoms with Gasteiger partial charge in [0, 0.05) is 24.7 Å². The number of nitrogens with zero attached hydrogens (tertiary/aromatic N) is 1. The summed E-state index contributed by atoms with van der Waals surface area (Å²) in [5.41, 5.74) is 0.898. The molecule has 3 amide bonds. The maximum Gasteiger partial charge on any atom is 0.409 e. The Morgan fingerprint density at radius 1 is 0.939 bits per heavy atom. The van der Waals surface area contributed by atoms with Crippen LogP contribution in [0.3, 0.4) is 0 Å². The Bertz CT molecular complexity index is 987. The highest BCUT2D eigenvalue weighted by Crippen LogP contribution is 2.18. The third kappa shape index (κ3) is 6.80. The number of esters is 1. The van der Waals surface area contributed by atoms with E-state index in [-0.39, 0.29) is 23.6 Å². The SMILES string of the molecule is CCOC(=O)N1CCC(NC(=O)COC(=O)c2ccccc2NC(=O)c2ccccc2)CC1. The van der Waals surface area contributed by atoms with Crippen LogP contribution in [-0.4, -0.2) is 61.1 Å². The van der Waals surface area contributed by atoms with Crippen molar-refractivity contribution < 1.29 is 28.7 Å². The number of carbonyl (C=O) groups is 4. The van der Waals surface area contributed by atoms with Gasteiger partial charge >= 0.3 is 12.1 Å². The van der Waals surface area contributed by atoms with E-state index in [1.165, 1.54) is 6.07 Å². The smallest absolute Gasteiger partial charge is 0.409 e. The zero-order chi connectivity index (χ0) is 23.6. The van der Waals surface area contributed by atoms with Crippen LogP contribution in [0.25, 0.3) is 0 Å². The Morgan fingerprint density at radius 3 is 2.30 bits per heavy atom. The summed E-state index contributed by atoms with van der Waals surface area (Å²) >= 11 is 0. The van der Waals surface area contributed by atoms with Crippen LogP contribution in [0, 0.1) is 0 Å². The molecule has 9 heteroatoms. The van der Waals surface area contributed by atoms with Gasteiger partial charge in [-0.25, -0.2) is 9.59 Å². The van der Waals surface area contributed by atoms with E-state index in [1.54, 1.807) is 60.4 Å². The summed E-state index contributed by atoms with van der Waals surface area (Å²) in [4.78, 5) is 50.6. The minimum atomic E-state index is -0.716. The van der Waals surface area contributed by atoms with Gasteiger partial charge in [-0.3, -0.25) is 9.59 Å². The molecule has 33 heavy (non-hydrogen) atoms. The van der Waals surface area contributed by atoms with E-state index < -0.39 is 18.5 Å². The summed E-state index contributed by atoms with van der Waals surface area (Å²) in [7, 11) is 0. The second-order valence-corrected chi connectivity index (χ2v) is 7.47. The molecular formula is C24H27N3O6. The van der Waals surface area contributed by atoms with Gasteiger partial charge in [0.15, 0.2) is 6.61 Å². The first-order valence-electron chi connectivity index (χ1n) is 10.8. The molecule has 1 heterocycles. The fourth-order valence-electron chi connectivity index (χ4n) is 3.45. The van der Waals surface area contributed by atoms with E-state index in [9.17, 15) is 19.2 Å². The molecule has 1 saturated heterocycles. The van der Waals surface area contributed by atoms with Crippen LogP contribution in [0.2, 0.25) is 0 Å². The van der Waals surface area contributed by atoms with Crippen LogP contribution in [0.4, 0.5) is 10.5 Å². The highest BCUT2D eigenvalue weighted by atomic mass is 16.6. The number of likely N-dealkylation sites (tertiary alicyclic amines) is 1. The van der Waals surface area contributed by atoms with Crippen LogP contribution >= 0.6 is 0 Å². The van der Waals surface area contributed by atoms with E-state index in [1.807, 2.05) is 0 Å². The standard InChI is InChI=1S/C24H27N3O6/c1-2-32-24(31)27-14-12-18(13-15-27)25-21(28)16-33-23(30)19-10-6-7-11-20(19)26-22(29)17-8-4-3-5-9-17/h3-11,18H,2,12-16H2,1H3,(H,25,28)(H,26,29). The van der Waals surface area contributed by atoms with Crippen molar-refractivity contribution in [2.75, 3.05) is 31.6 Å². The van der Waals surface area contributed by atoms with Gasteiger partial charge in [0.2, 0.25) is 0 Å². The van der Waals surface area contributed by atoms with Gasteiger partial charge in [-0.2, -0.15) is 0 Å². The molecule has 0 spiro atoms. The first kappa shape index (κ1) is 23.8. The van der Waals surface area contributed by atoms with Gasteiger partial charge in [-0.15, -0.1) is 0 Å². The monoisotopic (exact) mass is 453 g/mol. The topological polar surface area (TPSA) is 114 Å². The number of ether oxygens (including phenoxy) is 2. The summed E-state index contributed by atoms with van der Waals surface area (Å²) in [5.74, 6) is -1.50. The predicted octanol–water partition coefficient (Wildman–Crippen LogP) is 2.83. The van der Waals surface area contributed by atoms with Gasteiger partial charge in [-0.1, -0.05) is 30.3 Å². The lowest BCUT2D eigenvalue weighted by Gasteiger charge is -2.31. The van der Waals surface area contributed by atoms with E-state index >= 15 is 0 Å². The molecule has 0 saturated carbocycles. The van der Waals surface area contributed by atoms with Crippen LogP contribution in [0.5, 0.6) is 0 Å². The van der Waals surface area contributed by atoms with Gasteiger partial charge < -0.3 is 25.0 Å². The fraction of sp³-hybridized carbons (Fsp3) is 0.333. The van der Waals surface area contributed by atoms with Crippen molar-refractivity contribution in [3.63, 3.8) is 0 Å². The molecule has 1 aliphatic heterocycles. The molecule has 0 unspecified atom stereocenters. The largest absolute Gasteiger partial charge is 0.452 e. The normalized spacial score (nSPS) is 13.7. The first-order valence-corrected chi connectivity index (χ1v) is 10.8. The van der Waals surface area contributed by atoms with Crippen LogP contribution in [0.15, 0.2) is 54.6 Å². The highest BCUT2D eigenvalue weighted by Gasteiger charge is 2.25. The number of anilines is 1. The number of nitrogens with one attached hydrogen (secondary N) is 2. The third-order valence-corrected chi connectivity index (χ3v) is 5.15. The fourth-order valence-corrected chi connectivity index (χ4v) is 3.45. The number of benzene rings is 2. The molecule has 0 bridgehead atoms. The molecule has 174 valence electrons. The Morgan fingerprint density at radius 2 is 1.61 bits per heavy atom. The maximum absolute atomic E-state index is 12.5. The molecule has 1 fully saturated rings. The summed E-state index contributed by atoms with van der Waals surface area (Å²) < 4.78 is 10.1. The van der Waals surface area contributed by atoms with Crippen molar-refractivity contribution in [3.05, 3.63) is 65.7 Å². The van der Waals surface area contributed by atoms with Crippen molar-refractivity contribution in [1.29, 1.82) is 0 Å². The molecule has 9 nitrogen and oxygen atoms in total. The predicted molar refractivity (Wildman–Crippen MR) is 121 cm³/mol. The quantitative estimate of drug-likeness (QED) is 0.623. The van der Waals surface area contributed by atoms with E-state index in [0.29, 0.717) is 43.8 Å². The zero-order valence-corrected chi connectivity index (χ0v) is 18.4. The number of rotatable bonds is 7. The maximum atomic E-state index is 12.5. The van der Waals surface area contributed by atoms with Gasteiger partial charge in [0.1, 0.15) is 0 Å². The lowest BCUT2D eigenvalue weighted by atomic mass is 10.1. The van der Waals surface area contributed by atoms with Crippen LogP contribution in [0.1, 0.15) is 40.5 Å². The first-order chi connectivity index (χ1) is 16.0. The van der Waals surface area contributed by atoms with Crippen molar-refractivity contribution in [1.82, 2.24) is 10.2 Å². The lowest BCUT2D eigenvalue weighted by Crippen LogP contribution is -2.47. The zero-order valence-electron chi connectivity index (χ0n) is 18.4. The van der Waals surface area contributed by atoms with Crippen molar-refractivity contribution >= 4 is 29.6 Å². The number of hydrogen-bond acceptors (Lipinski definition) is 6. The summed E-state index contributed by atoms with van der Waals surface area (Å²) in [6.07, 6.45) is 0.828. The van der Waals surface area contributed by atoms with E-state index in [4.69, 9.17) is 9.47 Å². The molecular weight excluding hydrogens is 426 g/mol. The van der Waals surface area contributed by atoms with E-state index in [2.05, 4.69) is 10.6 Å². The second-order valence-electron chi connectivity index (χ2n) is 7.47. The number of hydrogen-bond donors (Lipinski definition) is 2. The molecule has 0 aliphatic carbocycles. The van der Waals surface area contributed by atoms with Crippen LogP contribution < -0.4 is 10.6 Å². The summed E-state index contributed by atoms with van der Waals surface area (Å²) in [6.45, 7) is 2.59. The lowest BCUT2D eigenvalue weighted by molar-refractivity contribution is -0.125. The Labute approximate surface area is 192 Å². The van der Waals surface area contributed by atoms with Crippen molar-refractivity contribution in [2.45, 2.75) is 25.8 Å². The molecule has 3 rings (SSSR count). The molecule has 0 atom stereocenters. The van der Waals surface area contributed by atoms with Crippen molar-refractivity contribution in [2.24, 2.45) is 0 Å². The number of para-hydroxylation sites is 1. The molecule has 0 radical (unpaired) electrons. The molecule has 2 aromatic rings. The third-order valence-electron chi connectivity index (χ3n) is 5.15. The minimum absolute atomic E-state index is 0.112. The number of carbonyl (C=O) groups excluding carboxylic acids is 4. The molecule has 1 aliphatic rings. The number of amides is 3. The molecule has 2 aromatic carbocycles. The highest BCUT2D eigenvalue weighted by molar-refractivity contribution is 6.08. The van der Waals surface area contributed by atoms with Gasteiger partial charge in [0.05, 0.1) is 17.9 Å². The Kier molecular flexibility index (Phi) is 8.40. The van der Waals surface area contributed by atoms with Gasteiger partial charge in [-0.05, 0) is 44.0 Å². The average Bonchev–Trinajstić information content (AvgIpc) is 2.84. The summed E-state index contributed by atoms with van der Waals surface area (Å²) in [5, 5.41) is 5.52. The number of piperidine rings is 1. The minimum Gasteiger partial charge on any atom is -0.452 e. The van der Waals surface area contributed by atoms with Crippen molar-refractivity contribution in [3.8, 4) is 0 Å². The van der Waals surface area contributed by atoms with E-state index in [0.717, 1.165) is 0 Å². The molecule has 2 N–H and O–H groups in total. The van der Waals surface area contributed by atoms with Crippen LogP contribution in [-0.2, 0) is 14.3 Å². The van der Waals surface area contributed by atoms with Gasteiger partial charge in [0.25, 0.3) is 11.8 Å². The molecule has 0 aromatic heterocycles. The Balaban J connectivity index is 1.48. The average molecular weight is 453 g/mol. The second kappa shape index (κ2) is 11.7. The Hall–Kier alpha value is -3.88.